The van der Waals surface area contributed by atoms with E-state index in [0.29, 0.717) is 16.7 Å². The van der Waals surface area contributed by atoms with Crippen molar-refractivity contribution in [1.82, 2.24) is 9.38 Å². The van der Waals surface area contributed by atoms with E-state index >= 15 is 0 Å². The van der Waals surface area contributed by atoms with E-state index in [1.807, 2.05) is 0 Å². The van der Waals surface area contributed by atoms with Crippen LogP contribution >= 0.6 is 11.3 Å². The van der Waals surface area contributed by atoms with Crippen molar-refractivity contribution >= 4 is 27.9 Å². The number of nitrogens with one attached hydrogen (secondary N) is 1. The van der Waals surface area contributed by atoms with E-state index in [1.54, 1.807) is 11.6 Å². The Morgan fingerprint density at radius 2 is 2.50 bits per heavy atom. The van der Waals surface area contributed by atoms with E-state index < -0.39 is 0 Å². The fourth-order valence-corrected chi connectivity index (χ4v) is 2.87. The molecule has 0 aromatic carbocycles. The molecule has 1 fully saturated rings. The minimum absolute atomic E-state index is 0.0363. The minimum Gasteiger partial charge on any atom is -0.363 e. The normalized spacial score (nSPS) is 16.9. The van der Waals surface area contributed by atoms with Crippen molar-refractivity contribution in [1.29, 1.82) is 0 Å². The summed E-state index contributed by atoms with van der Waals surface area (Å²) in [5.74, 6) is 1.75. The second-order valence-electron chi connectivity index (χ2n) is 4.79. The summed E-state index contributed by atoms with van der Waals surface area (Å²) in [7, 11) is 0. The highest BCUT2D eigenvalue weighted by Gasteiger charge is 2.29. The predicted octanol–water partition coefficient (Wildman–Crippen LogP) is 2.76. The van der Waals surface area contributed by atoms with E-state index in [9.17, 15) is 10.1 Å². The Hall–Kier alpha value is -1.63. The third kappa shape index (κ3) is 1.94. The van der Waals surface area contributed by atoms with Crippen molar-refractivity contribution in [2.75, 3.05) is 11.9 Å². The molecule has 0 amide bonds. The molecule has 1 aliphatic carbocycles. The van der Waals surface area contributed by atoms with Crippen LogP contribution in [-0.4, -0.2) is 20.9 Å². The summed E-state index contributed by atoms with van der Waals surface area (Å²) in [6, 6.07) is 0. The molecule has 1 unspecified atom stereocenters. The van der Waals surface area contributed by atoms with E-state index in [2.05, 4.69) is 17.2 Å². The van der Waals surface area contributed by atoms with Gasteiger partial charge in [-0.05, 0) is 29.6 Å². The predicted molar refractivity (Wildman–Crippen MR) is 70.1 cm³/mol. The third-order valence-electron chi connectivity index (χ3n) is 3.43. The summed E-state index contributed by atoms with van der Waals surface area (Å²) in [4.78, 5) is 15.6. The first-order chi connectivity index (χ1) is 8.66. The standard InChI is InChI=1S/C11H14N4O2S/c1-7(8-2-3-8)6-12-9-10(15(16)17)14-4-5-18-11(14)13-9/h4-5,7-8,12H,2-3,6H2,1H3. The number of nitro groups is 1. The molecule has 18 heavy (non-hydrogen) atoms. The highest BCUT2D eigenvalue weighted by molar-refractivity contribution is 7.15. The fraction of sp³-hybridized carbons (Fsp3) is 0.545. The first-order valence-corrected chi connectivity index (χ1v) is 6.88. The minimum atomic E-state index is -0.378. The zero-order chi connectivity index (χ0) is 12.7. The molecular weight excluding hydrogens is 252 g/mol. The summed E-state index contributed by atoms with van der Waals surface area (Å²) in [5, 5.41) is 16.0. The van der Waals surface area contributed by atoms with Gasteiger partial charge in [0.2, 0.25) is 5.82 Å². The van der Waals surface area contributed by atoms with Crippen molar-refractivity contribution in [3.05, 3.63) is 21.7 Å². The van der Waals surface area contributed by atoms with Gasteiger partial charge in [-0.25, -0.2) is 0 Å². The first-order valence-electron chi connectivity index (χ1n) is 6.00. The second kappa shape index (κ2) is 4.24. The van der Waals surface area contributed by atoms with Gasteiger partial charge in [0.15, 0.2) is 0 Å². The number of rotatable bonds is 5. The fourth-order valence-electron chi connectivity index (χ4n) is 2.16. The molecule has 1 aliphatic rings. The Kier molecular flexibility index (Phi) is 2.70. The van der Waals surface area contributed by atoms with Crippen molar-refractivity contribution < 1.29 is 4.92 Å². The van der Waals surface area contributed by atoms with Gasteiger partial charge in [-0.15, -0.1) is 0 Å². The lowest BCUT2D eigenvalue weighted by atomic mass is 10.1. The second-order valence-corrected chi connectivity index (χ2v) is 5.67. The molecule has 2 heterocycles. The summed E-state index contributed by atoms with van der Waals surface area (Å²) < 4.78 is 1.52. The molecule has 0 radical (unpaired) electrons. The average molecular weight is 266 g/mol. The van der Waals surface area contributed by atoms with Gasteiger partial charge in [0.25, 0.3) is 4.96 Å². The zero-order valence-corrected chi connectivity index (χ0v) is 10.8. The molecule has 2 aromatic heterocycles. The van der Waals surface area contributed by atoms with Crippen LogP contribution in [0.2, 0.25) is 0 Å². The van der Waals surface area contributed by atoms with Gasteiger partial charge in [0.1, 0.15) is 6.20 Å². The maximum atomic E-state index is 11.1. The molecule has 7 heteroatoms. The van der Waals surface area contributed by atoms with Crippen LogP contribution in [0.3, 0.4) is 0 Å². The number of imidazole rings is 1. The third-order valence-corrected chi connectivity index (χ3v) is 4.18. The SMILES string of the molecule is CC(CNc1nc2sccn2c1[N+](=O)[O-])C1CC1. The highest BCUT2D eigenvalue weighted by Crippen LogP contribution is 2.37. The lowest BCUT2D eigenvalue weighted by Gasteiger charge is -2.10. The number of nitrogens with zero attached hydrogens (tertiary/aromatic N) is 3. The molecule has 1 N–H and O–H groups in total. The van der Waals surface area contributed by atoms with E-state index in [1.165, 1.54) is 28.6 Å². The summed E-state index contributed by atoms with van der Waals surface area (Å²) in [6.07, 6.45) is 4.24. The van der Waals surface area contributed by atoms with Crippen LogP contribution in [-0.2, 0) is 0 Å². The molecule has 0 bridgehead atoms. The quantitative estimate of drug-likeness (QED) is 0.667. The number of anilines is 1. The average Bonchev–Trinajstić information content (AvgIpc) is 2.97. The van der Waals surface area contributed by atoms with E-state index in [4.69, 9.17) is 0 Å². The Labute approximate surface area is 108 Å². The molecule has 0 aliphatic heterocycles. The summed E-state index contributed by atoms with van der Waals surface area (Å²) in [6.45, 7) is 2.92. The number of thiazole rings is 1. The van der Waals surface area contributed by atoms with Gasteiger partial charge in [-0.2, -0.15) is 9.38 Å². The molecule has 2 aromatic rings. The van der Waals surface area contributed by atoms with Crippen LogP contribution < -0.4 is 5.32 Å². The Morgan fingerprint density at radius 3 is 3.17 bits per heavy atom. The molecule has 1 saturated carbocycles. The topological polar surface area (TPSA) is 72.5 Å². The van der Waals surface area contributed by atoms with Gasteiger partial charge in [-0.1, -0.05) is 18.3 Å². The van der Waals surface area contributed by atoms with E-state index in [0.717, 1.165) is 12.5 Å². The number of hydrogen-bond acceptors (Lipinski definition) is 5. The van der Waals surface area contributed by atoms with Gasteiger partial charge < -0.3 is 15.4 Å². The van der Waals surface area contributed by atoms with Crippen molar-refractivity contribution in [3.63, 3.8) is 0 Å². The highest BCUT2D eigenvalue weighted by atomic mass is 32.1. The van der Waals surface area contributed by atoms with Crippen LogP contribution in [0.5, 0.6) is 0 Å². The lowest BCUT2D eigenvalue weighted by molar-refractivity contribution is -0.389. The smallest absolute Gasteiger partial charge is 0.363 e. The number of aromatic nitrogens is 2. The Bertz CT molecular complexity index is 587. The van der Waals surface area contributed by atoms with Crippen LogP contribution in [0, 0.1) is 22.0 Å². The molecule has 1 atom stereocenters. The van der Waals surface area contributed by atoms with Crippen molar-refractivity contribution in [3.8, 4) is 0 Å². The monoisotopic (exact) mass is 266 g/mol. The Morgan fingerprint density at radius 1 is 1.72 bits per heavy atom. The summed E-state index contributed by atoms with van der Waals surface area (Å²) >= 11 is 1.40. The summed E-state index contributed by atoms with van der Waals surface area (Å²) in [5.41, 5.74) is 0. The Balaban J connectivity index is 1.83. The number of hydrogen-bond donors (Lipinski definition) is 1. The first kappa shape index (κ1) is 11.5. The van der Waals surface area contributed by atoms with Gasteiger partial charge in [-0.3, -0.25) is 0 Å². The largest absolute Gasteiger partial charge is 0.372 e. The van der Waals surface area contributed by atoms with Gasteiger partial charge >= 0.3 is 5.82 Å². The van der Waals surface area contributed by atoms with Crippen molar-refractivity contribution in [2.24, 2.45) is 11.8 Å². The lowest BCUT2D eigenvalue weighted by Crippen LogP contribution is -2.14. The maximum Gasteiger partial charge on any atom is 0.372 e. The maximum absolute atomic E-state index is 11.1. The molecule has 0 saturated heterocycles. The zero-order valence-electron chi connectivity index (χ0n) is 10.00. The van der Waals surface area contributed by atoms with Crippen LogP contribution in [0.1, 0.15) is 19.8 Å². The van der Waals surface area contributed by atoms with Gasteiger partial charge in [0.05, 0.1) is 0 Å². The van der Waals surface area contributed by atoms with E-state index in [-0.39, 0.29) is 10.7 Å². The molecule has 0 spiro atoms. The molecule has 3 rings (SSSR count). The van der Waals surface area contributed by atoms with Crippen LogP contribution in [0.15, 0.2) is 11.6 Å². The van der Waals surface area contributed by atoms with Gasteiger partial charge in [0, 0.05) is 11.9 Å². The molecule has 6 nitrogen and oxygen atoms in total. The molecule has 96 valence electrons. The molecular formula is C11H14N4O2S. The van der Waals surface area contributed by atoms with Crippen molar-refractivity contribution in [2.45, 2.75) is 19.8 Å². The van der Waals surface area contributed by atoms with Crippen LogP contribution in [0.4, 0.5) is 11.6 Å². The van der Waals surface area contributed by atoms with Crippen LogP contribution in [0.25, 0.3) is 4.96 Å². The number of fused-ring (bicyclic) bond motifs is 1.